The van der Waals surface area contributed by atoms with Crippen molar-refractivity contribution >= 4 is 18.2 Å². The fourth-order valence-corrected chi connectivity index (χ4v) is 1.90. The van der Waals surface area contributed by atoms with Gasteiger partial charge in [-0.3, -0.25) is 9.79 Å². The standard InChI is InChI=1S/C12H13NO3/c1-15-10-5-3-4-9-11(10)13-7-6-12(9,8-14)16-2/h3-5,7-8H,6H2,1-2H3. The molecule has 0 spiro atoms. The average Bonchev–Trinajstić information content (AvgIpc) is 2.37. The van der Waals surface area contributed by atoms with Crippen LogP contribution in [0.5, 0.6) is 5.75 Å². The molecule has 1 atom stereocenters. The van der Waals surface area contributed by atoms with E-state index in [1.54, 1.807) is 13.3 Å². The summed E-state index contributed by atoms with van der Waals surface area (Å²) in [7, 11) is 3.10. The van der Waals surface area contributed by atoms with E-state index >= 15 is 0 Å². The van der Waals surface area contributed by atoms with Crippen LogP contribution in [-0.4, -0.2) is 26.7 Å². The fourth-order valence-electron chi connectivity index (χ4n) is 1.90. The molecular weight excluding hydrogens is 206 g/mol. The van der Waals surface area contributed by atoms with Gasteiger partial charge >= 0.3 is 0 Å². The third-order valence-corrected chi connectivity index (χ3v) is 2.84. The molecule has 84 valence electrons. The Balaban J connectivity index is 2.64. The van der Waals surface area contributed by atoms with Crippen LogP contribution in [0.3, 0.4) is 0 Å². The summed E-state index contributed by atoms with van der Waals surface area (Å²) in [6, 6.07) is 5.48. The molecule has 0 saturated heterocycles. The second-order valence-electron chi connectivity index (χ2n) is 3.58. The Morgan fingerprint density at radius 3 is 2.88 bits per heavy atom. The second kappa shape index (κ2) is 4.06. The van der Waals surface area contributed by atoms with Crippen LogP contribution in [0, 0.1) is 0 Å². The third kappa shape index (κ3) is 1.42. The van der Waals surface area contributed by atoms with Crippen molar-refractivity contribution in [3.8, 4) is 5.75 Å². The summed E-state index contributed by atoms with van der Waals surface area (Å²) in [5.41, 5.74) is 0.503. The average molecular weight is 219 g/mol. The van der Waals surface area contributed by atoms with Crippen molar-refractivity contribution in [2.24, 2.45) is 4.99 Å². The highest BCUT2D eigenvalue weighted by Crippen LogP contribution is 2.42. The van der Waals surface area contributed by atoms with E-state index in [1.165, 1.54) is 7.11 Å². The predicted octanol–water partition coefficient (Wildman–Crippen LogP) is 1.84. The van der Waals surface area contributed by atoms with Gasteiger partial charge in [0.2, 0.25) is 0 Å². The van der Waals surface area contributed by atoms with Crippen molar-refractivity contribution in [2.45, 2.75) is 12.0 Å². The smallest absolute Gasteiger partial charge is 0.156 e. The molecule has 16 heavy (non-hydrogen) atoms. The number of hydrogen-bond donors (Lipinski definition) is 0. The zero-order valence-corrected chi connectivity index (χ0v) is 9.27. The first-order chi connectivity index (χ1) is 7.77. The Bertz CT molecular complexity index is 442. The lowest BCUT2D eigenvalue weighted by molar-refractivity contribution is -0.127. The van der Waals surface area contributed by atoms with Crippen LogP contribution in [0.25, 0.3) is 0 Å². The number of para-hydroxylation sites is 1. The molecule has 0 fully saturated rings. The predicted molar refractivity (Wildman–Crippen MR) is 60.5 cm³/mol. The SMILES string of the molecule is COc1cccc2c1N=CCC2(C=O)OC. The topological polar surface area (TPSA) is 47.9 Å². The molecule has 0 amide bonds. The Labute approximate surface area is 93.9 Å². The van der Waals surface area contributed by atoms with Gasteiger partial charge in [0.1, 0.15) is 11.4 Å². The van der Waals surface area contributed by atoms with E-state index in [9.17, 15) is 4.79 Å². The number of aliphatic imine (C=N–C) groups is 1. The molecule has 0 aliphatic carbocycles. The molecule has 1 aromatic rings. The molecule has 2 rings (SSSR count). The van der Waals surface area contributed by atoms with Gasteiger partial charge in [0.25, 0.3) is 0 Å². The van der Waals surface area contributed by atoms with E-state index in [0.29, 0.717) is 17.9 Å². The van der Waals surface area contributed by atoms with Crippen LogP contribution in [0.4, 0.5) is 5.69 Å². The van der Waals surface area contributed by atoms with Gasteiger partial charge in [0, 0.05) is 25.3 Å². The number of benzene rings is 1. The number of carbonyl (C=O) groups excluding carboxylic acids is 1. The van der Waals surface area contributed by atoms with Gasteiger partial charge in [-0.15, -0.1) is 0 Å². The van der Waals surface area contributed by atoms with Crippen LogP contribution in [0.15, 0.2) is 23.2 Å². The van der Waals surface area contributed by atoms with Crippen molar-refractivity contribution < 1.29 is 14.3 Å². The summed E-state index contributed by atoms with van der Waals surface area (Å²) < 4.78 is 10.5. The molecule has 1 unspecified atom stereocenters. The van der Waals surface area contributed by atoms with Gasteiger partial charge in [-0.1, -0.05) is 12.1 Å². The Hall–Kier alpha value is -1.68. The minimum atomic E-state index is -0.925. The van der Waals surface area contributed by atoms with E-state index in [1.807, 2.05) is 18.2 Å². The van der Waals surface area contributed by atoms with Gasteiger partial charge in [0.05, 0.1) is 7.11 Å². The van der Waals surface area contributed by atoms with Crippen molar-refractivity contribution in [1.29, 1.82) is 0 Å². The molecule has 1 aromatic carbocycles. The van der Waals surface area contributed by atoms with E-state index in [0.717, 1.165) is 11.8 Å². The lowest BCUT2D eigenvalue weighted by Crippen LogP contribution is -2.32. The van der Waals surface area contributed by atoms with Crippen LogP contribution in [0.1, 0.15) is 12.0 Å². The van der Waals surface area contributed by atoms with Gasteiger partial charge in [-0.2, -0.15) is 0 Å². The number of hydrogen-bond acceptors (Lipinski definition) is 4. The number of nitrogens with zero attached hydrogens (tertiary/aromatic N) is 1. The highest BCUT2D eigenvalue weighted by Gasteiger charge is 2.36. The fraction of sp³-hybridized carbons (Fsp3) is 0.333. The normalized spacial score (nSPS) is 22.6. The molecular formula is C12H13NO3. The van der Waals surface area contributed by atoms with Crippen molar-refractivity contribution in [3.05, 3.63) is 23.8 Å². The van der Waals surface area contributed by atoms with Crippen LogP contribution < -0.4 is 4.74 Å². The Kier molecular flexibility index (Phi) is 2.75. The Morgan fingerprint density at radius 2 is 2.25 bits per heavy atom. The first-order valence-electron chi connectivity index (χ1n) is 4.99. The summed E-state index contributed by atoms with van der Waals surface area (Å²) in [6.45, 7) is 0. The zero-order chi connectivity index (χ0) is 11.6. The molecule has 4 heteroatoms. The highest BCUT2D eigenvalue weighted by molar-refractivity contribution is 5.84. The molecule has 0 bridgehead atoms. The van der Waals surface area contributed by atoms with E-state index in [4.69, 9.17) is 9.47 Å². The number of fused-ring (bicyclic) bond motifs is 1. The molecule has 1 heterocycles. The van der Waals surface area contributed by atoms with Crippen LogP contribution >= 0.6 is 0 Å². The first-order valence-corrected chi connectivity index (χ1v) is 4.99. The number of rotatable bonds is 3. The molecule has 1 aliphatic heterocycles. The molecule has 4 nitrogen and oxygen atoms in total. The lowest BCUT2D eigenvalue weighted by atomic mass is 9.88. The van der Waals surface area contributed by atoms with Crippen LogP contribution in [-0.2, 0) is 15.1 Å². The second-order valence-corrected chi connectivity index (χ2v) is 3.58. The summed E-state index contributed by atoms with van der Waals surface area (Å²) in [5, 5.41) is 0. The lowest BCUT2D eigenvalue weighted by Gasteiger charge is -2.29. The molecule has 0 N–H and O–H groups in total. The zero-order valence-electron chi connectivity index (χ0n) is 9.27. The van der Waals surface area contributed by atoms with Crippen molar-refractivity contribution in [3.63, 3.8) is 0 Å². The summed E-state index contributed by atoms with van der Waals surface area (Å²) in [4.78, 5) is 15.5. The van der Waals surface area contributed by atoms with Crippen molar-refractivity contribution in [2.75, 3.05) is 14.2 Å². The maximum absolute atomic E-state index is 11.2. The quantitative estimate of drug-likeness (QED) is 0.729. The first kappa shape index (κ1) is 10.8. The number of aldehydes is 1. The summed E-state index contributed by atoms with van der Waals surface area (Å²) >= 11 is 0. The van der Waals surface area contributed by atoms with Crippen molar-refractivity contribution in [1.82, 2.24) is 0 Å². The summed E-state index contributed by atoms with van der Waals surface area (Å²) in [6.07, 6.45) is 2.95. The molecule has 0 aromatic heterocycles. The Morgan fingerprint density at radius 1 is 1.44 bits per heavy atom. The maximum atomic E-state index is 11.2. The van der Waals surface area contributed by atoms with E-state index in [-0.39, 0.29) is 0 Å². The largest absolute Gasteiger partial charge is 0.494 e. The van der Waals surface area contributed by atoms with Gasteiger partial charge in [-0.25, -0.2) is 0 Å². The highest BCUT2D eigenvalue weighted by atomic mass is 16.5. The van der Waals surface area contributed by atoms with E-state index < -0.39 is 5.60 Å². The van der Waals surface area contributed by atoms with E-state index in [2.05, 4.69) is 4.99 Å². The minimum absolute atomic E-state index is 0.452. The minimum Gasteiger partial charge on any atom is -0.494 e. The molecule has 1 aliphatic rings. The van der Waals surface area contributed by atoms with Gasteiger partial charge in [-0.05, 0) is 6.07 Å². The number of methoxy groups -OCH3 is 2. The third-order valence-electron chi connectivity index (χ3n) is 2.84. The maximum Gasteiger partial charge on any atom is 0.156 e. The molecule has 0 saturated carbocycles. The van der Waals surface area contributed by atoms with Gasteiger partial charge < -0.3 is 9.47 Å². The van der Waals surface area contributed by atoms with Crippen LogP contribution in [0.2, 0.25) is 0 Å². The monoisotopic (exact) mass is 219 g/mol. The molecule has 0 radical (unpaired) electrons. The van der Waals surface area contributed by atoms with Gasteiger partial charge in [0.15, 0.2) is 11.9 Å². The number of ether oxygens (including phenoxy) is 2. The number of carbonyl (C=O) groups is 1. The summed E-state index contributed by atoms with van der Waals surface area (Å²) in [5.74, 6) is 0.650.